The average Bonchev–Trinajstić information content (AvgIpc) is 2.30. The monoisotopic (exact) mass is 210 g/mol. The van der Waals surface area contributed by atoms with Gasteiger partial charge in [0.05, 0.1) is 11.4 Å². The van der Waals surface area contributed by atoms with Crippen molar-refractivity contribution in [2.24, 2.45) is 9.98 Å². The Kier molecular flexibility index (Phi) is 3.10. The van der Waals surface area contributed by atoms with Crippen molar-refractivity contribution in [3.05, 3.63) is 36.4 Å². The number of benzene rings is 2. The van der Waals surface area contributed by atoms with Crippen molar-refractivity contribution in [3.63, 3.8) is 0 Å². The predicted octanol–water partition coefficient (Wildman–Crippen LogP) is 4.28. The zero-order valence-electron chi connectivity index (χ0n) is 9.51. The summed E-state index contributed by atoms with van der Waals surface area (Å²) in [6.45, 7) is 3.82. The van der Waals surface area contributed by atoms with Gasteiger partial charge < -0.3 is 0 Å². The highest BCUT2D eigenvalue weighted by Crippen LogP contribution is 2.32. The first-order chi connectivity index (χ1) is 7.85. The van der Waals surface area contributed by atoms with Crippen LogP contribution in [0.1, 0.15) is 13.8 Å². The van der Waals surface area contributed by atoms with Gasteiger partial charge in [-0.05, 0) is 36.8 Å². The van der Waals surface area contributed by atoms with Gasteiger partial charge in [0, 0.05) is 12.4 Å². The zero-order chi connectivity index (χ0) is 11.4. The molecule has 0 aliphatic rings. The molecule has 0 heterocycles. The Bertz CT molecular complexity index is 503. The minimum absolute atomic E-state index is 0.916. The maximum atomic E-state index is 4.34. The molecule has 2 heteroatoms. The number of aliphatic imine (C=N–C) groups is 2. The molecular weight excluding hydrogens is 196 g/mol. The highest BCUT2D eigenvalue weighted by atomic mass is 14.8. The summed E-state index contributed by atoms with van der Waals surface area (Å²) in [5.41, 5.74) is 1.83. The Balaban J connectivity index is 2.70. The molecule has 0 unspecified atom stereocenters. The van der Waals surface area contributed by atoms with Gasteiger partial charge in [-0.3, -0.25) is 9.98 Å². The largest absolute Gasteiger partial charge is 0.259 e. The van der Waals surface area contributed by atoms with E-state index in [1.165, 1.54) is 10.8 Å². The molecule has 0 saturated heterocycles. The van der Waals surface area contributed by atoms with E-state index in [0.717, 1.165) is 11.4 Å². The highest BCUT2D eigenvalue weighted by molar-refractivity contribution is 5.91. The van der Waals surface area contributed by atoms with Gasteiger partial charge in [-0.15, -0.1) is 0 Å². The topological polar surface area (TPSA) is 24.7 Å². The van der Waals surface area contributed by atoms with Crippen molar-refractivity contribution in [1.29, 1.82) is 0 Å². The molecule has 2 aromatic carbocycles. The fourth-order valence-electron chi connectivity index (χ4n) is 1.70. The zero-order valence-corrected chi connectivity index (χ0v) is 9.51. The Hall–Kier alpha value is -1.96. The first-order valence-corrected chi connectivity index (χ1v) is 5.35. The number of hydrogen-bond acceptors (Lipinski definition) is 2. The standard InChI is InChI=1S/C14H14N2/c1-3-15-13-9-11-7-5-6-8-12(11)10-14(13)16-4-2/h3-10H,1-2H3. The molecule has 16 heavy (non-hydrogen) atoms. The molecule has 0 bridgehead atoms. The molecule has 0 spiro atoms. The van der Waals surface area contributed by atoms with Crippen LogP contribution in [0.5, 0.6) is 0 Å². The highest BCUT2D eigenvalue weighted by Gasteiger charge is 2.01. The van der Waals surface area contributed by atoms with Gasteiger partial charge in [0.1, 0.15) is 0 Å². The van der Waals surface area contributed by atoms with E-state index in [2.05, 4.69) is 34.3 Å². The molecule has 2 rings (SSSR count). The third-order valence-corrected chi connectivity index (χ3v) is 2.38. The van der Waals surface area contributed by atoms with Crippen LogP contribution in [0.3, 0.4) is 0 Å². The fraction of sp³-hybridized carbons (Fsp3) is 0.143. The number of hydrogen-bond donors (Lipinski definition) is 0. The fourth-order valence-corrected chi connectivity index (χ4v) is 1.70. The van der Waals surface area contributed by atoms with E-state index >= 15 is 0 Å². The molecule has 0 aliphatic carbocycles. The normalized spacial score (nSPS) is 11.9. The van der Waals surface area contributed by atoms with Crippen molar-refractivity contribution in [2.75, 3.05) is 0 Å². The first kappa shape index (κ1) is 10.6. The van der Waals surface area contributed by atoms with Crippen LogP contribution in [-0.2, 0) is 0 Å². The quantitative estimate of drug-likeness (QED) is 0.661. The van der Waals surface area contributed by atoms with E-state index in [9.17, 15) is 0 Å². The molecule has 0 aliphatic heterocycles. The van der Waals surface area contributed by atoms with E-state index in [0.29, 0.717) is 0 Å². The van der Waals surface area contributed by atoms with Gasteiger partial charge >= 0.3 is 0 Å². The molecule has 80 valence electrons. The summed E-state index contributed by atoms with van der Waals surface area (Å²) in [5, 5.41) is 2.39. The smallest absolute Gasteiger partial charge is 0.0888 e. The number of rotatable bonds is 2. The predicted molar refractivity (Wildman–Crippen MR) is 71.6 cm³/mol. The SMILES string of the molecule is CC=Nc1cc2ccccc2cc1N=CC. The van der Waals surface area contributed by atoms with E-state index in [4.69, 9.17) is 0 Å². The van der Waals surface area contributed by atoms with E-state index in [1.54, 1.807) is 12.4 Å². The van der Waals surface area contributed by atoms with Crippen molar-refractivity contribution in [1.82, 2.24) is 0 Å². The van der Waals surface area contributed by atoms with Crippen LogP contribution < -0.4 is 0 Å². The van der Waals surface area contributed by atoms with Crippen LogP contribution in [0.2, 0.25) is 0 Å². The Morgan fingerprint density at radius 1 is 0.812 bits per heavy atom. The van der Waals surface area contributed by atoms with Crippen LogP contribution in [-0.4, -0.2) is 12.4 Å². The second-order valence-electron chi connectivity index (χ2n) is 3.46. The maximum absolute atomic E-state index is 4.34. The van der Waals surface area contributed by atoms with Gasteiger partial charge in [-0.1, -0.05) is 24.3 Å². The summed E-state index contributed by atoms with van der Waals surface area (Å²) in [4.78, 5) is 8.67. The summed E-state index contributed by atoms with van der Waals surface area (Å²) < 4.78 is 0. The molecule has 2 aromatic rings. The van der Waals surface area contributed by atoms with Crippen LogP contribution >= 0.6 is 0 Å². The number of fused-ring (bicyclic) bond motifs is 1. The molecular formula is C14H14N2. The molecule has 0 amide bonds. The molecule has 0 N–H and O–H groups in total. The minimum Gasteiger partial charge on any atom is -0.259 e. The van der Waals surface area contributed by atoms with Crippen molar-refractivity contribution < 1.29 is 0 Å². The van der Waals surface area contributed by atoms with Crippen LogP contribution in [0.4, 0.5) is 11.4 Å². The summed E-state index contributed by atoms with van der Waals surface area (Å²) in [5.74, 6) is 0. The van der Waals surface area contributed by atoms with Crippen molar-refractivity contribution in [3.8, 4) is 0 Å². The Morgan fingerprint density at radius 3 is 1.62 bits per heavy atom. The van der Waals surface area contributed by atoms with Crippen LogP contribution in [0.15, 0.2) is 46.4 Å². The van der Waals surface area contributed by atoms with E-state index in [1.807, 2.05) is 26.0 Å². The molecule has 0 saturated carbocycles. The molecule has 0 atom stereocenters. The maximum Gasteiger partial charge on any atom is 0.0888 e. The van der Waals surface area contributed by atoms with Gasteiger partial charge in [0.25, 0.3) is 0 Å². The Labute approximate surface area is 95.4 Å². The van der Waals surface area contributed by atoms with Crippen LogP contribution in [0.25, 0.3) is 10.8 Å². The summed E-state index contributed by atoms with van der Waals surface area (Å²) in [6.07, 6.45) is 3.58. The Morgan fingerprint density at radius 2 is 1.25 bits per heavy atom. The first-order valence-electron chi connectivity index (χ1n) is 5.35. The van der Waals surface area contributed by atoms with Gasteiger partial charge in [0.15, 0.2) is 0 Å². The van der Waals surface area contributed by atoms with Gasteiger partial charge in [-0.2, -0.15) is 0 Å². The molecule has 0 radical (unpaired) electrons. The third kappa shape index (κ3) is 2.01. The number of nitrogens with zero attached hydrogens (tertiary/aromatic N) is 2. The lowest BCUT2D eigenvalue weighted by Gasteiger charge is -2.03. The van der Waals surface area contributed by atoms with Crippen LogP contribution in [0, 0.1) is 0 Å². The lowest BCUT2D eigenvalue weighted by atomic mass is 10.1. The summed E-state index contributed by atoms with van der Waals surface area (Å²) in [7, 11) is 0. The molecule has 0 aromatic heterocycles. The van der Waals surface area contributed by atoms with E-state index in [-0.39, 0.29) is 0 Å². The van der Waals surface area contributed by atoms with Crippen molar-refractivity contribution >= 4 is 34.6 Å². The molecule has 0 fully saturated rings. The van der Waals surface area contributed by atoms with E-state index < -0.39 is 0 Å². The van der Waals surface area contributed by atoms with Crippen molar-refractivity contribution in [2.45, 2.75) is 13.8 Å². The second kappa shape index (κ2) is 4.71. The van der Waals surface area contributed by atoms with Gasteiger partial charge in [-0.25, -0.2) is 0 Å². The van der Waals surface area contributed by atoms with Gasteiger partial charge in [0.2, 0.25) is 0 Å². The second-order valence-corrected chi connectivity index (χ2v) is 3.46. The average molecular weight is 210 g/mol. The summed E-state index contributed by atoms with van der Waals surface area (Å²) in [6, 6.07) is 12.4. The lowest BCUT2D eigenvalue weighted by Crippen LogP contribution is -1.75. The summed E-state index contributed by atoms with van der Waals surface area (Å²) >= 11 is 0. The molecule has 2 nitrogen and oxygen atoms in total. The lowest BCUT2D eigenvalue weighted by molar-refractivity contribution is 1.47. The third-order valence-electron chi connectivity index (χ3n) is 2.38. The minimum atomic E-state index is 0.916.